The molecule has 1 heterocycles. The molecule has 1 atom stereocenters. The maximum atomic E-state index is 6.17. The summed E-state index contributed by atoms with van der Waals surface area (Å²) in [4.78, 5) is 6.95. The topological polar surface area (TPSA) is 39.7 Å². The van der Waals surface area contributed by atoms with E-state index in [-0.39, 0.29) is 29.4 Å². The highest BCUT2D eigenvalue weighted by molar-refractivity contribution is 14.0. The van der Waals surface area contributed by atoms with Crippen LogP contribution >= 0.6 is 35.6 Å². The van der Waals surface area contributed by atoms with Crippen molar-refractivity contribution in [2.75, 3.05) is 39.8 Å². The average Bonchev–Trinajstić information content (AvgIpc) is 3.43. The second kappa shape index (κ2) is 10.1. The van der Waals surface area contributed by atoms with Gasteiger partial charge < -0.3 is 15.5 Å². The number of hydrogen-bond acceptors (Lipinski definition) is 2. The van der Waals surface area contributed by atoms with Crippen LogP contribution in [0.2, 0.25) is 5.02 Å². The highest BCUT2D eigenvalue weighted by Gasteiger charge is 2.44. The van der Waals surface area contributed by atoms with Crippen LogP contribution in [0.3, 0.4) is 0 Å². The Kier molecular flexibility index (Phi) is 8.48. The van der Waals surface area contributed by atoms with Crippen molar-refractivity contribution in [3.63, 3.8) is 0 Å². The summed E-state index contributed by atoms with van der Waals surface area (Å²) in [6.07, 6.45) is 5.05. The normalized spacial score (nSPS) is 22.4. The van der Waals surface area contributed by atoms with Crippen molar-refractivity contribution in [3.05, 3.63) is 34.9 Å². The van der Waals surface area contributed by atoms with Crippen molar-refractivity contribution in [1.29, 1.82) is 0 Å². The van der Waals surface area contributed by atoms with Crippen molar-refractivity contribution in [1.82, 2.24) is 15.5 Å². The van der Waals surface area contributed by atoms with Gasteiger partial charge in [0.1, 0.15) is 0 Å². The first kappa shape index (κ1) is 21.8. The Morgan fingerprint density at radius 1 is 1.35 bits per heavy atom. The van der Waals surface area contributed by atoms with E-state index in [9.17, 15) is 0 Å². The van der Waals surface area contributed by atoms with Crippen molar-refractivity contribution in [2.24, 2.45) is 10.9 Å². The molecule has 0 radical (unpaired) electrons. The number of hydrogen-bond donors (Lipinski definition) is 2. The van der Waals surface area contributed by atoms with Gasteiger partial charge in [-0.2, -0.15) is 0 Å². The monoisotopic (exact) mass is 490 g/mol. The summed E-state index contributed by atoms with van der Waals surface area (Å²) in [6, 6.07) is 8.29. The molecule has 1 saturated heterocycles. The lowest BCUT2D eigenvalue weighted by atomic mass is 9.96. The van der Waals surface area contributed by atoms with E-state index in [4.69, 9.17) is 11.6 Å². The summed E-state index contributed by atoms with van der Waals surface area (Å²) in [6.45, 7) is 7.78. The van der Waals surface area contributed by atoms with Crippen LogP contribution in [0.15, 0.2) is 29.3 Å². The minimum atomic E-state index is 0. The maximum absolute atomic E-state index is 6.17. The number of rotatable bonds is 6. The third-order valence-corrected chi connectivity index (χ3v) is 5.95. The Hall–Kier alpha value is -0.530. The summed E-state index contributed by atoms with van der Waals surface area (Å²) in [7, 11) is 1.85. The van der Waals surface area contributed by atoms with Crippen LogP contribution in [-0.2, 0) is 5.41 Å². The fraction of sp³-hybridized carbons (Fsp3) is 0.650. The Morgan fingerprint density at radius 3 is 2.81 bits per heavy atom. The first-order valence-corrected chi connectivity index (χ1v) is 9.96. The van der Waals surface area contributed by atoms with Crippen molar-refractivity contribution in [2.45, 2.75) is 38.0 Å². The lowest BCUT2D eigenvalue weighted by molar-refractivity contribution is 0.183. The van der Waals surface area contributed by atoms with Gasteiger partial charge >= 0.3 is 0 Å². The zero-order valence-corrected chi connectivity index (χ0v) is 19.0. The zero-order valence-electron chi connectivity index (χ0n) is 15.9. The van der Waals surface area contributed by atoms with Crippen molar-refractivity contribution in [3.8, 4) is 0 Å². The molecule has 26 heavy (non-hydrogen) atoms. The molecule has 146 valence electrons. The number of nitrogens with one attached hydrogen (secondary N) is 2. The van der Waals surface area contributed by atoms with E-state index in [0.717, 1.165) is 36.5 Å². The summed E-state index contributed by atoms with van der Waals surface area (Å²) < 4.78 is 0. The van der Waals surface area contributed by atoms with Crippen LogP contribution in [-0.4, -0.2) is 50.6 Å². The Balaban J connectivity index is 0.00000243. The van der Waals surface area contributed by atoms with Crippen LogP contribution in [0.5, 0.6) is 0 Å². The molecule has 2 fully saturated rings. The lowest BCUT2D eigenvalue weighted by Gasteiger charge is -2.32. The van der Waals surface area contributed by atoms with Gasteiger partial charge in [-0.05, 0) is 62.4 Å². The van der Waals surface area contributed by atoms with Gasteiger partial charge in [0.2, 0.25) is 0 Å². The quantitative estimate of drug-likeness (QED) is 0.361. The molecule has 6 heteroatoms. The SMILES string of the molecule is CCN1CCCC(CNC(=NC)NCC2(c3cccc(Cl)c3)CC2)C1.I. The molecule has 1 aliphatic carbocycles. The zero-order chi connectivity index (χ0) is 17.7. The van der Waals surface area contributed by atoms with E-state index < -0.39 is 0 Å². The van der Waals surface area contributed by atoms with Crippen LogP contribution in [0.4, 0.5) is 0 Å². The van der Waals surface area contributed by atoms with E-state index in [1.807, 2.05) is 19.2 Å². The Morgan fingerprint density at radius 2 is 2.15 bits per heavy atom. The van der Waals surface area contributed by atoms with E-state index in [1.54, 1.807) is 0 Å². The second-order valence-corrected chi connectivity index (χ2v) is 7.94. The minimum absolute atomic E-state index is 0. The van der Waals surface area contributed by atoms with E-state index in [1.165, 1.54) is 44.3 Å². The van der Waals surface area contributed by atoms with Crippen LogP contribution in [0.1, 0.15) is 38.2 Å². The number of nitrogens with zero attached hydrogens (tertiary/aromatic N) is 2. The molecule has 2 N–H and O–H groups in total. The standard InChI is InChI=1S/C20H31ClN4.HI/c1-3-25-11-5-6-16(14-25)13-23-19(22-2)24-15-20(9-10-20)17-7-4-8-18(21)12-17;/h4,7-8,12,16H,3,5-6,9-11,13-15H2,1-2H3,(H2,22,23,24);1H. The number of aliphatic imine (C=N–C) groups is 1. The van der Waals surface area contributed by atoms with E-state index >= 15 is 0 Å². The van der Waals surface area contributed by atoms with Crippen LogP contribution < -0.4 is 10.6 Å². The number of benzene rings is 1. The van der Waals surface area contributed by atoms with Gasteiger partial charge in [-0.1, -0.05) is 30.7 Å². The predicted molar refractivity (Wildman–Crippen MR) is 122 cm³/mol. The molecule has 0 spiro atoms. The number of guanidine groups is 1. The van der Waals surface area contributed by atoms with Gasteiger partial charge in [0.05, 0.1) is 0 Å². The van der Waals surface area contributed by atoms with Crippen LogP contribution in [0, 0.1) is 5.92 Å². The van der Waals surface area contributed by atoms with Gasteiger partial charge in [0, 0.05) is 37.1 Å². The first-order chi connectivity index (χ1) is 12.1. The highest BCUT2D eigenvalue weighted by atomic mass is 127. The smallest absolute Gasteiger partial charge is 0.191 e. The molecule has 0 aromatic heterocycles. The summed E-state index contributed by atoms with van der Waals surface area (Å²) in [5.74, 6) is 1.64. The third-order valence-electron chi connectivity index (χ3n) is 5.72. The molecule has 3 rings (SSSR count). The second-order valence-electron chi connectivity index (χ2n) is 7.50. The van der Waals surface area contributed by atoms with Crippen molar-refractivity contribution >= 4 is 41.5 Å². The molecule has 0 amide bonds. The molecule has 1 unspecified atom stereocenters. The fourth-order valence-corrected chi connectivity index (χ4v) is 4.05. The van der Waals surface area contributed by atoms with Gasteiger partial charge in [-0.25, -0.2) is 0 Å². The largest absolute Gasteiger partial charge is 0.356 e. The fourth-order valence-electron chi connectivity index (χ4n) is 3.86. The molecule has 1 aliphatic heterocycles. The highest BCUT2D eigenvalue weighted by Crippen LogP contribution is 2.48. The number of piperidine rings is 1. The molecule has 1 aromatic rings. The minimum Gasteiger partial charge on any atom is -0.356 e. The molecule has 2 aliphatic rings. The molecule has 1 saturated carbocycles. The molecular formula is C20H32ClIN4. The lowest BCUT2D eigenvalue weighted by Crippen LogP contribution is -2.45. The van der Waals surface area contributed by atoms with Gasteiger partial charge in [0.25, 0.3) is 0 Å². The average molecular weight is 491 g/mol. The molecular weight excluding hydrogens is 459 g/mol. The first-order valence-electron chi connectivity index (χ1n) is 9.58. The number of likely N-dealkylation sites (tertiary alicyclic amines) is 1. The summed E-state index contributed by atoms with van der Waals surface area (Å²) >= 11 is 6.17. The predicted octanol–water partition coefficient (Wildman–Crippen LogP) is 3.89. The van der Waals surface area contributed by atoms with Crippen molar-refractivity contribution < 1.29 is 0 Å². The number of halogens is 2. The van der Waals surface area contributed by atoms with E-state index in [0.29, 0.717) is 0 Å². The van der Waals surface area contributed by atoms with Gasteiger partial charge in [0.15, 0.2) is 5.96 Å². The van der Waals surface area contributed by atoms with E-state index in [2.05, 4.69) is 39.6 Å². The Bertz CT molecular complexity index is 603. The third kappa shape index (κ3) is 5.73. The van der Waals surface area contributed by atoms with Crippen LogP contribution in [0.25, 0.3) is 0 Å². The molecule has 4 nitrogen and oxygen atoms in total. The maximum Gasteiger partial charge on any atom is 0.191 e. The molecule has 1 aromatic carbocycles. The van der Waals surface area contributed by atoms with Gasteiger partial charge in [-0.15, -0.1) is 24.0 Å². The summed E-state index contributed by atoms with van der Waals surface area (Å²) in [5.41, 5.74) is 1.57. The molecule has 0 bridgehead atoms. The van der Waals surface area contributed by atoms with Gasteiger partial charge in [-0.3, -0.25) is 4.99 Å². The summed E-state index contributed by atoms with van der Waals surface area (Å²) in [5, 5.41) is 7.89. The Labute approximate surface area is 180 Å².